The molecule has 128 valence electrons. The van der Waals surface area contributed by atoms with Crippen LogP contribution in [0, 0.1) is 0 Å². The molecule has 1 aromatic carbocycles. The van der Waals surface area contributed by atoms with Crippen LogP contribution in [0.1, 0.15) is 21.7 Å². The van der Waals surface area contributed by atoms with Crippen LogP contribution in [-0.2, 0) is 22.6 Å². The maximum absolute atomic E-state index is 12.9. The van der Waals surface area contributed by atoms with Crippen LogP contribution in [-0.4, -0.2) is 41.5 Å². The van der Waals surface area contributed by atoms with Crippen molar-refractivity contribution in [1.29, 1.82) is 0 Å². The van der Waals surface area contributed by atoms with E-state index in [1.54, 1.807) is 12.1 Å². The summed E-state index contributed by atoms with van der Waals surface area (Å²) in [5.74, 6) is -1.32. The third-order valence-corrected chi connectivity index (χ3v) is 5.50. The van der Waals surface area contributed by atoms with E-state index in [0.717, 1.165) is 11.2 Å². The van der Waals surface area contributed by atoms with Crippen LogP contribution < -0.4 is 0 Å². The minimum absolute atomic E-state index is 0.0957. The molecule has 1 aliphatic rings. The van der Waals surface area contributed by atoms with Crippen molar-refractivity contribution in [3.8, 4) is 0 Å². The van der Waals surface area contributed by atoms with Crippen LogP contribution in [0.2, 0.25) is 0 Å². The SMILES string of the molecule is O=C(c1nc[nH]c1C(F)(F)F)N1CCS(=O)(=O)c2ccccc2C1. The molecule has 0 fully saturated rings. The predicted molar refractivity (Wildman–Crippen MR) is 76.8 cm³/mol. The Morgan fingerprint density at radius 3 is 2.67 bits per heavy atom. The van der Waals surface area contributed by atoms with Gasteiger partial charge in [0.1, 0.15) is 0 Å². The number of nitrogens with zero attached hydrogens (tertiary/aromatic N) is 2. The highest BCUT2D eigenvalue weighted by atomic mass is 32.2. The number of rotatable bonds is 1. The lowest BCUT2D eigenvalue weighted by atomic mass is 10.2. The Morgan fingerprint density at radius 2 is 1.96 bits per heavy atom. The summed E-state index contributed by atoms with van der Waals surface area (Å²) in [6.45, 7) is -0.307. The molecule has 0 radical (unpaired) electrons. The van der Waals surface area contributed by atoms with E-state index in [-0.39, 0.29) is 23.7 Å². The fraction of sp³-hybridized carbons (Fsp3) is 0.286. The minimum atomic E-state index is -4.75. The van der Waals surface area contributed by atoms with E-state index in [4.69, 9.17) is 0 Å². The van der Waals surface area contributed by atoms with E-state index in [1.165, 1.54) is 12.1 Å². The molecule has 1 amide bonds. The second-order valence-electron chi connectivity index (χ2n) is 5.28. The quantitative estimate of drug-likeness (QED) is 0.842. The van der Waals surface area contributed by atoms with Crippen molar-refractivity contribution < 1.29 is 26.4 Å². The first kappa shape index (κ1) is 16.5. The molecule has 0 aliphatic carbocycles. The number of H-pyrrole nitrogens is 1. The minimum Gasteiger partial charge on any atom is -0.340 e. The number of benzene rings is 1. The topological polar surface area (TPSA) is 83.1 Å². The van der Waals surface area contributed by atoms with Crippen molar-refractivity contribution in [3.05, 3.63) is 47.5 Å². The van der Waals surface area contributed by atoms with Crippen LogP contribution >= 0.6 is 0 Å². The van der Waals surface area contributed by atoms with Gasteiger partial charge in [0.15, 0.2) is 21.2 Å². The van der Waals surface area contributed by atoms with Gasteiger partial charge in [0.05, 0.1) is 17.0 Å². The molecule has 0 atom stereocenters. The third-order valence-electron chi connectivity index (χ3n) is 3.71. The number of imidazole rings is 1. The highest BCUT2D eigenvalue weighted by molar-refractivity contribution is 7.91. The molecule has 24 heavy (non-hydrogen) atoms. The number of fused-ring (bicyclic) bond motifs is 1. The number of nitrogens with one attached hydrogen (secondary N) is 1. The number of carbonyl (C=O) groups excluding carboxylic acids is 1. The zero-order valence-electron chi connectivity index (χ0n) is 12.2. The Balaban J connectivity index is 1.98. The van der Waals surface area contributed by atoms with Gasteiger partial charge < -0.3 is 9.88 Å². The Morgan fingerprint density at radius 1 is 1.25 bits per heavy atom. The number of alkyl halides is 3. The number of aromatic amines is 1. The number of aromatic nitrogens is 2. The van der Waals surface area contributed by atoms with E-state index < -0.39 is 33.3 Å². The summed E-state index contributed by atoms with van der Waals surface area (Å²) in [7, 11) is -3.60. The smallest absolute Gasteiger partial charge is 0.340 e. The van der Waals surface area contributed by atoms with Crippen molar-refractivity contribution >= 4 is 15.7 Å². The van der Waals surface area contributed by atoms with Crippen molar-refractivity contribution in [2.75, 3.05) is 12.3 Å². The van der Waals surface area contributed by atoms with Gasteiger partial charge in [-0.2, -0.15) is 13.2 Å². The molecule has 1 N–H and O–H groups in total. The van der Waals surface area contributed by atoms with Gasteiger partial charge in [-0.15, -0.1) is 0 Å². The first-order valence-electron chi connectivity index (χ1n) is 6.90. The van der Waals surface area contributed by atoms with Gasteiger partial charge in [0.2, 0.25) is 0 Å². The van der Waals surface area contributed by atoms with E-state index in [9.17, 15) is 26.4 Å². The molecule has 0 saturated heterocycles. The molecule has 0 spiro atoms. The van der Waals surface area contributed by atoms with Gasteiger partial charge in [-0.05, 0) is 11.6 Å². The summed E-state index contributed by atoms with van der Waals surface area (Å²) in [5, 5.41) is 0. The Kier molecular flexibility index (Phi) is 3.86. The number of carbonyl (C=O) groups is 1. The summed E-state index contributed by atoms with van der Waals surface area (Å²) in [6, 6.07) is 6.13. The van der Waals surface area contributed by atoms with E-state index >= 15 is 0 Å². The first-order chi connectivity index (χ1) is 11.2. The van der Waals surface area contributed by atoms with Crippen molar-refractivity contribution in [2.24, 2.45) is 0 Å². The summed E-state index contributed by atoms with van der Waals surface area (Å²) in [6.07, 6.45) is -3.96. The molecule has 0 unspecified atom stereocenters. The van der Waals surface area contributed by atoms with Gasteiger partial charge >= 0.3 is 6.18 Å². The van der Waals surface area contributed by atoms with E-state index in [0.29, 0.717) is 5.56 Å². The fourth-order valence-electron chi connectivity index (χ4n) is 2.56. The van der Waals surface area contributed by atoms with E-state index in [2.05, 4.69) is 4.98 Å². The molecular formula is C14H12F3N3O3S. The molecular weight excluding hydrogens is 347 g/mol. The Hall–Kier alpha value is -2.36. The molecule has 3 rings (SSSR count). The molecule has 2 aromatic rings. The maximum Gasteiger partial charge on any atom is 0.433 e. The highest BCUT2D eigenvalue weighted by Gasteiger charge is 2.39. The van der Waals surface area contributed by atoms with Gasteiger partial charge in [-0.1, -0.05) is 18.2 Å². The largest absolute Gasteiger partial charge is 0.433 e. The highest BCUT2D eigenvalue weighted by Crippen LogP contribution is 2.31. The van der Waals surface area contributed by atoms with Crippen molar-refractivity contribution in [3.63, 3.8) is 0 Å². The van der Waals surface area contributed by atoms with Gasteiger partial charge in [0.25, 0.3) is 5.91 Å². The molecule has 1 aromatic heterocycles. The number of hydrogen-bond donors (Lipinski definition) is 1. The molecule has 6 nitrogen and oxygen atoms in total. The Bertz CT molecular complexity index is 890. The van der Waals surface area contributed by atoms with Crippen LogP contribution in [0.4, 0.5) is 13.2 Å². The average Bonchev–Trinajstić information content (AvgIpc) is 2.96. The van der Waals surface area contributed by atoms with Crippen LogP contribution in [0.5, 0.6) is 0 Å². The van der Waals surface area contributed by atoms with Crippen molar-refractivity contribution in [2.45, 2.75) is 17.6 Å². The lowest BCUT2D eigenvalue weighted by Crippen LogP contribution is -2.34. The molecule has 2 heterocycles. The zero-order chi connectivity index (χ0) is 17.5. The van der Waals surface area contributed by atoms with Gasteiger partial charge in [-0.25, -0.2) is 13.4 Å². The summed E-state index contributed by atoms with van der Waals surface area (Å²) in [4.78, 5) is 19.0. The molecule has 1 aliphatic heterocycles. The number of hydrogen-bond acceptors (Lipinski definition) is 4. The lowest BCUT2D eigenvalue weighted by Gasteiger charge is -2.20. The predicted octanol–water partition coefficient (Wildman–Crippen LogP) is 1.86. The number of halogens is 3. The number of sulfone groups is 1. The van der Waals surface area contributed by atoms with E-state index in [1.807, 2.05) is 4.98 Å². The normalized spacial score (nSPS) is 17.2. The Labute approximate surface area is 135 Å². The molecule has 0 bridgehead atoms. The monoisotopic (exact) mass is 359 g/mol. The first-order valence-corrected chi connectivity index (χ1v) is 8.56. The standard InChI is InChI=1S/C14H12F3N3O3S/c15-14(16,17)12-11(18-8-19-12)13(21)20-5-6-24(22,23)10-4-2-1-3-9(10)7-20/h1-4,8H,5-7H2,(H,18,19). The summed E-state index contributed by atoms with van der Waals surface area (Å²) < 4.78 is 63.2. The summed E-state index contributed by atoms with van der Waals surface area (Å²) >= 11 is 0. The second-order valence-corrected chi connectivity index (χ2v) is 7.35. The average molecular weight is 359 g/mol. The summed E-state index contributed by atoms with van der Waals surface area (Å²) in [5.41, 5.74) is -1.64. The number of amides is 1. The van der Waals surface area contributed by atoms with Gasteiger partial charge in [0, 0.05) is 13.1 Å². The molecule has 10 heteroatoms. The van der Waals surface area contributed by atoms with Crippen LogP contribution in [0.3, 0.4) is 0 Å². The van der Waals surface area contributed by atoms with Crippen LogP contribution in [0.15, 0.2) is 35.5 Å². The van der Waals surface area contributed by atoms with Gasteiger partial charge in [-0.3, -0.25) is 4.79 Å². The maximum atomic E-state index is 12.9. The second kappa shape index (κ2) is 5.62. The molecule has 0 saturated carbocycles. The lowest BCUT2D eigenvalue weighted by molar-refractivity contribution is -0.141. The van der Waals surface area contributed by atoms with Crippen molar-refractivity contribution in [1.82, 2.24) is 14.9 Å². The third kappa shape index (κ3) is 2.88. The van der Waals surface area contributed by atoms with Crippen LogP contribution in [0.25, 0.3) is 0 Å². The fourth-order valence-corrected chi connectivity index (χ4v) is 4.06. The zero-order valence-corrected chi connectivity index (χ0v) is 13.0.